The Balaban J connectivity index is 1.94. The van der Waals surface area contributed by atoms with Crippen LogP contribution in [0.4, 0.5) is 0 Å². The first-order valence-electron chi connectivity index (χ1n) is 5.35. The maximum Gasteiger partial charge on any atom is 0.120 e. The highest BCUT2D eigenvalue weighted by Crippen LogP contribution is 2.06. The molecule has 0 saturated carbocycles. The highest BCUT2D eigenvalue weighted by atomic mass is 28.3. The van der Waals surface area contributed by atoms with E-state index in [0.29, 0.717) is 6.73 Å². The minimum atomic E-state index is -0.942. The molecule has 0 unspecified atom stereocenters. The van der Waals surface area contributed by atoms with Gasteiger partial charge in [0.1, 0.15) is 5.82 Å². The average molecular weight is 227 g/mol. The van der Waals surface area contributed by atoms with E-state index in [1.807, 2.05) is 6.20 Å². The van der Waals surface area contributed by atoms with Crippen LogP contribution in [0.1, 0.15) is 5.82 Å². The topological polar surface area (TPSA) is 49.9 Å². The molecule has 0 aliphatic heterocycles. The average Bonchev–Trinajstić information content (AvgIpc) is 2.61. The van der Waals surface area contributed by atoms with Crippen molar-refractivity contribution >= 4 is 8.07 Å². The Labute approximate surface area is 92.5 Å². The fourth-order valence-corrected chi connectivity index (χ4v) is 1.84. The number of H-pyrrole nitrogens is 1. The summed E-state index contributed by atoms with van der Waals surface area (Å²) in [4.78, 5) is 7.14. The van der Waals surface area contributed by atoms with E-state index in [0.717, 1.165) is 19.0 Å². The van der Waals surface area contributed by atoms with Crippen molar-refractivity contribution < 1.29 is 4.74 Å². The summed E-state index contributed by atoms with van der Waals surface area (Å²) in [6, 6.07) is 1.22. The van der Waals surface area contributed by atoms with Gasteiger partial charge in [-0.05, 0) is 6.04 Å². The maximum atomic E-state index is 5.49. The molecule has 0 saturated heterocycles. The van der Waals surface area contributed by atoms with Crippen molar-refractivity contribution in [2.45, 2.75) is 32.2 Å². The number of hydrogen-bond donors (Lipinski definition) is 2. The smallest absolute Gasteiger partial charge is 0.120 e. The second kappa shape index (κ2) is 6.04. The van der Waals surface area contributed by atoms with Crippen molar-refractivity contribution in [1.29, 1.82) is 0 Å². The molecule has 0 bridgehead atoms. The second-order valence-corrected chi connectivity index (χ2v) is 10.4. The zero-order valence-corrected chi connectivity index (χ0v) is 10.8. The Morgan fingerprint density at radius 3 is 2.87 bits per heavy atom. The van der Waals surface area contributed by atoms with Gasteiger partial charge in [0.15, 0.2) is 0 Å². The summed E-state index contributed by atoms with van der Waals surface area (Å²) in [6.07, 6.45) is 3.58. The second-order valence-electron chi connectivity index (χ2n) is 4.83. The van der Waals surface area contributed by atoms with E-state index in [4.69, 9.17) is 4.74 Å². The molecule has 0 amide bonds. The number of nitrogens with one attached hydrogen (secondary N) is 2. The number of aromatic nitrogens is 2. The van der Waals surface area contributed by atoms with Gasteiger partial charge in [-0.3, -0.25) is 5.32 Å². The van der Waals surface area contributed by atoms with Gasteiger partial charge in [0.05, 0.1) is 13.3 Å². The fraction of sp³-hybridized carbons (Fsp3) is 0.700. The lowest BCUT2D eigenvalue weighted by Gasteiger charge is -2.15. The summed E-state index contributed by atoms with van der Waals surface area (Å²) in [6.45, 7) is 9.26. The molecule has 1 heterocycles. The van der Waals surface area contributed by atoms with Crippen LogP contribution in [0.15, 0.2) is 12.4 Å². The van der Waals surface area contributed by atoms with Gasteiger partial charge in [-0.25, -0.2) is 4.98 Å². The van der Waals surface area contributed by atoms with Crippen molar-refractivity contribution in [2.75, 3.05) is 13.3 Å². The first kappa shape index (κ1) is 12.4. The predicted octanol–water partition coefficient (Wildman–Crippen LogP) is 1.81. The molecular formula is C10H21N3OSi. The van der Waals surface area contributed by atoms with Gasteiger partial charge in [-0.2, -0.15) is 0 Å². The third-order valence-corrected chi connectivity index (χ3v) is 3.75. The van der Waals surface area contributed by atoms with E-state index < -0.39 is 8.07 Å². The van der Waals surface area contributed by atoms with E-state index in [2.05, 4.69) is 34.9 Å². The quantitative estimate of drug-likeness (QED) is 0.424. The van der Waals surface area contributed by atoms with Crippen LogP contribution < -0.4 is 5.32 Å². The minimum Gasteiger partial charge on any atom is -0.367 e. The summed E-state index contributed by atoms with van der Waals surface area (Å²) in [5.41, 5.74) is 0. The molecule has 1 aromatic rings. The molecule has 15 heavy (non-hydrogen) atoms. The molecule has 1 rings (SSSR count). The third kappa shape index (κ3) is 6.43. The minimum absolute atomic E-state index is 0.602. The van der Waals surface area contributed by atoms with E-state index >= 15 is 0 Å². The highest BCUT2D eigenvalue weighted by Gasteiger charge is 2.11. The Morgan fingerprint density at radius 1 is 1.47 bits per heavy atom. The molecule has 0 spiro atoms. The molecule has 5 heteroatoms. The molecule has 0 radical (unpaired) electrons. The summed E-state index contributed by atoms with van der Waals surface area (Å²) >= 11 is 0. The molecule has 0 aliphatic rings. The number of rotatable bonds is 7. The van der Waals surface area contributed by atoms with Crippen molar-refractivity contribution in [3.8, 4) is 0 Å². The molecule has 0 atom stereocenters. The third-order valence-electron chi connectivity index (χ3n) is 2.05. The van der Waals surface area contributed by atoms with Crippen LogP contribution in [-0.4, -0.2) is 31.4 Å². The van der Waals surface area contributed by atoms with Crippen molar-refractivity contribution in [2.24, 2.45) is 0 Å². The number of imidazole rings is 1. The SMILES string of the molecule is C[Si](C)(C)CCOCNCc1ncc[nH]1. The first-order chi connectivity index (χ1) is 7.08. The van der Waals surface area contributed by atoms with E-state index in [-0.39, 0.29) is 0 Å². The van der Waals surface area contributed by atoms with Crippen LogP contribution in [0.25, 0.3) is 0 Å². The summed E-state index contributed by atoms with van der Waals surface area (Å²) in [7, 11) is -0.942. The van der Waals surface area contributed by atoms with Gasteiger partial charge in [0, 0.05) is 27.1 Å². The van der Waals surface area contributed by atoms with Crippen LogP contribution in [0.3, 0.4) is 0 Å². The summed E-state index contributed by atoms with van der Waals surface area (Å²) < 4.78 is 5.49. The molecular weight excluding hydrogens is 206 g/mol. The van der Waals surface area contributed by atoms with Crippen LogP contribution in [0.2, 0.25) is 25.7 Å². The van der Waals surface area contributed by atoms with Gasteiger partial charge in [-0.15, -0.1) is 0 Å². The summed E-state index contributed by atoms with van der Waals surface area (Å²) in [5, 5.41) is 3.17. The van der Waals surface area contributed by atoms with Gasteiger partial charge in [0.25, 0.3) is 0 Å². The zero-order valence-electron chi connectivity index (χ0n) is 9.84. The number of nitrogens with zero attached hydrogens (tertiary/aromatic N) is 1. The zero-order chi connectivity index (χ0) is 11.1. The normalized spacial score (nSPS) is 11.9. The standard InChI is InChI=1S/C10H21N3OSi/c1-15(2,3)7-6-14-9-11-8-10-12-4-5-13-10/h4-5,11H,6-9H2,1-3H3,(H,12,13). The molecule has 0 aliphatic carbocycles. The molecule has 2 N–H and O–H groups in total. The molecule has 86 valence electrons. The Bertz CT molecular complexity index is 256. The first-order valence-corrected chi connectivity index (χ1v) is 9.05. The maximum absolute atomic E-state index is 5.49. The van der Waals surface area contributed by atoms with E-state index in [1.165, 1.54) is 6.04 Å². The Hall–Kier alpha value is -0.653. The molecule has 4 nitrogen and oxygen atoms in total. The van der Waals surface area contributed by atoms with Crippen molar-refractivity contribution in [1.82, 2.24) is 15.3 Å². The van der Waals surface area contributed by atoms with Gasteiger partial charge >= 0.3 is 0 Å². The lowest BCUT2D eigenvalue weighted by Crippen LogP contribution is -2.24. The Morgan fingerprint density at radius 2 is 2.27 bits per heavy atom. The van der Waals surface area contributed by atoms with Gasteiger partial charge in [0.2, 0.25) is 0 Å². The van der Waals surface area contributed by atoms with Crippen LogP contribution >= 0.6 is 0 Å². The number of aromatic amines is 1. The van der Waals surface area contributed by atoms with E-state index in [1.54, 1.807) is 6.20 Å². The Kier molecular flexibility index (Phi) is 5.00. The van der Waals surface area contributed by atoms with Gasteiger partial charge in [-0.1, -0.05) is 19.6 Å². The fourth-order valence-electron chi connectivity index (χ4n) is 1.09. The molecule has 1 aromatic heterocycles. The lowest BCUT2D eigenvalue weighted by molar-refractivity contribution is 0.126. The highest BCUT2D eigenvalue weighted by molar-refractivity contribution is 6.76. The monoisotopic (exact) mass is 227 g/mol. The largest absolute Gasteiger partial charge is 0.367 e. The molecule has 0 aromatic carbocycles. The van der Waals surface area contributed by atoms with E-state index in [9.17, 15) is 0 Å². The van der Waals surface area contributed by atoms with Crippen molar-refractivity contribution in [3.63, 3.8) is 0 Å². The van der Waals surface area contributed by atoms with Crippen molar-refractivity contribution in [3.05, 3.63) is 18.2 Å². The lowest BCUT2D eigenvalue weighted by atomic mass is 10.6. The number of hydrogen-bond acceptors (Lipinski definition) is 3. The van der Waals surface area contributed by atoms with Crippen LogP contribution in [0.5, 0.6) is 0 Å². The number of ether oxygens (including phenoxy) is 1. The van der Waals surface area contributed by atoms with Gasteiger partial charge < -0.3 is 9.72 Å². The van der Waals surface area contributed by atoms with Crippen LogP contribution in [-0.2, 0) is 11.3 Å². The van der Waals surface area contributed by atoms with Crippen LogP contribution in [0, 0.1) is 0 Å². The predicted molar refractivity (Wildman–Crippen MR) is 64.4 cm³/mol. The summed E-state index contributed by atoms with van der Waals surface area (Å²) in [5.74, 6) is 0.948. The molecule has 0 fully saturated rings.